The predicted octanol–water partition coefficient (Wildman–Crippen LogP) is 3.61. The number of nitrogens with zero attached hydrogens (tertiary/aromatic N) is 3. The molecule has 0 unspecified atom stereocenters. The first kappa shape index (κ1) is 23.7. The second kappa shape index (κ2) is 11.1. The molecule has 0 spiro atoms. The first-order valence-corrected chi connectivity index (χ1v) is 11.9. The van der Waals surface area contributed by atoms with Crippen LogP contribution in [0.2, 0.25) is 0 Å². The van der Waals surface area contributed by atoms with Crippen LogP contribution in [0.15, 0.2) is 65.1 Å². The van der Waals surface area contributed by atoms with Crippen LogP contribution in [0.5, 0.6) is 0 Å². The summed E-state index contributed by atoms with van der Waals surface area (Å²) in [6.45, 7) is 6.94. The van der Waals surface area contributed by atoms with Crippen molar-refractivity contribution in [2.24, 2.45) is 0 Å². The lowest BCUT2D eigenvalue weighted by Gasteiger charge is -2.34. The Labute approximate surface area is 200 Å². The van der Waals surface area contributed by atoms with Crippen LogP contribution in [0.25, 0.3) is 22.6 Å². The van der Waals surface area contributed by atoms with Crippen LogP contribution >= 0.6 is 0 Å². The van der Waals surface area contributed by atoms with Gasteiger partial charge in [-0.2, -0.15) is 0 Å². The van der Waals surface area contributed by atoms with Crippen molar-refractivity contribution in [3.05, 3.63) is 66.6 Å². The maximum atomic E-state index is 12.8. The fourth-order valence-electron chi connectivity index (χ4n) is 4.15. The van der Waals surface area contributed by atoms with E-state index >= 15 is 0 Å². The zero-order valence-corrected chi connectivity index (χ0v) is 19.9. The molecule has 0 bridgehead atoms. The zero-order valence-electron chi connectivity index (χ0n) is 19.9. The highest BCUT2D eigenvalue weighted by Crippen LogP contribution is 2.32. The number of amides is 2. The summed E-state index contributed by atoms with van der Waals surface area (Å²) >= 11 is 0. The number of aromatic nitrogens is 1. The van der Waals surface area contributed by atoms with Gasteiger partial charge in [-0.3, -0.25) is 14.5 Å². The van der Waals surface area contributed by atoms with Gasteiger partial charge in [0.15, 0.2) is 11.7 Å². The standard InChI is InChI=1S/C27H32N4O3/c1-20(2)28-23(32)19-30-15-17-31(18-16-30)25(33)14-13-24-29-26(21-9-5-3-6-10-21)27(34-24)22-11-7-4-8-12-22/h3-12,20H,13-19H2,1-2H3,(H,28,32). The molecule has 1 N–H and O–H groups in total. The van der Waals surface area contributed by atoms with Gasteiger partial charge >= 0.3 is 0 Å². The molecule has 178 valence electrons. The number of rotatable bonds is 8. The van der Waals surface area contributed by atoms with Crippen LogP contribution in [0.1, 0.15) is 26.2 Å². The smallest absolute Gasteiger partial charge is 0.234 e. The number of benzene rings is 2. The minimum Gasteiger partial charge on any atom is -0.440 e. The van der Waals surface area contributed by atoms with E-state index in [4.69, 9.17) is 9.40 Å². The zero-order chi connectivity index (χ0) is 23.9. The van der Waals surface area contributed by atoms with Gasteiger partial charge in [0, 0.05) is 56.2 Å². The van der Waals surface area contributed by atoms with E-state index in [-0.39, 0.29) is 17.9 Å². The Morgan fingerprint density at radius 1 is 0.941 bits per heavy atom. The Morgan fingerprint density at radius 3 is 2.18 bits per heavy atom. The summed E-state index contributed by atoms with van der Waals surface area (Å²) < 4.78 is 6.15. The van der Waals surface area contributed by atoms with Crippen LogP contribution in [0, 0.1) is 0 Å². The number of carbonyl (C=O) groups excluding carboxylic acids is 2. The monoisotopic (exact) mass is 460 g/mol. The number of nitrogens with one attached hydrogen (secondary N) is 1. The Kier molecular flexibility index (Phi) is 7.75. The molecule has 0 atom stereocenters. The molecule has 1 saturated heterocycles. The van der Waals surface area contributed by atoms with Gasteiger partial charge in [0.25, 0.3) is 0 Å². The van der Waals surface area contributed by atoms with Gasteiger partial charge in [0.2, 0.25) is 11.8 Å². The summed E-state index contributed by atoms with van der Waals surface area (Å²) in [5.74, 6) is 1.41. The summed E-state index contributed by atoms with van der Waals surface area (Å²) in [4.78, 5) is 33.5. The van der Waals surface area contributed by atoms with E-state index < -0.39 is 0 Å². The molecular weight excluding hydrogens is 428 g/mol. The van der Waals surface area contributed by atoms with E-state index in [1.54, 1.807) is 0 Å². The molecular formula is C27H32N4O3. The Balaban J connectivity index is 1.36. The molecule has 1 aliphatic heterocycles. The quantitative estimate of drug-likeness (QED) is 0.556. The fraction of sp³-hybridized carbons (Fsp3) is 0.370. The number of carbonyl (C=O) groups is 2. The summed E-state index contributed by atoms with van der Waals surface area (Å²) in [6, 6.07) is 20.0. The Bertz CT molecular complexity index is 1030. The minimum atomic E-state index is 0.0297. The van der Waals surface area contributed by atoms with Crippen molar-refractivity contribution in [1.82, 2.24) is 20.1 Å². The van der Waals surface area contributed by atoms with Crippen molar-refractivity contribution in [3.8, 4) is 22.6 Å². The number of hydrogen-bond donors (Lipinski definition) is 1. The summed E-state index contributed by atoms with van der Waals surface area (Å²) in [5.41, 5.74) is 2.74. The lowest BCUT2D eigenvalue weighted by atomic mass is 10.1. The van der Waals surface area contributed by atoms with Crippen LogP contribution < -0.4 is 5.32 Å². The molecule has 2 amide bonds. The molecule has 7 nitrogen and oxygen atoms in total. The molecule has 3 aromatic rings. The second-order valence-corrected chi connectivity index (χ2v) is 8.90. The topological polar surface area (TPSA) is 78.7 Å². The van der Waals surface area contributed by atoms with Crippen LogP contribution in [0.4, 0.5) is 0 Å². The maximum absolute atomic E-state index is 12.8. The third kappa shape index (κ3) is 6.11. The van der Waals surface area contributed by atoms with E-state index in [0.29, 0.717) is 51.5 Å². The van der Waals surface area contributed by atoms with E-state index in [0.717, 1.165) is 22.6 Å². The first-order valence-electron chi connectivity index (χ1n) is 11.9. The minimum absolute atomic E-state index is 0.0297. The Morgan fingerprint density at radius 2 is 1.56 bits per heavy atom. The highest BCUT2D eigenvalue weighted by atomic mass is 16.4. The average Bonchev–Trinajstić information content (AvgIpc) is 3.28. The van der Waals surface area contributed by atoms with Crippen molar-refractivity contribution in [2.75, 3.05) is 32.7 Å². The lowest BCUT2D eigenvalue weighted by molar-refractivity contribution is -0.133. The van der Waals surface area contributed by atoms with Gasteiger partial charge in [-0.1, -0.05) is 60.7 Å². The van der Waals surface area contributed by atoms with Crippen LogP contribution in [-0.4, -0.2) is 65.4 Å². The molecule has 2 heterocycles. The predicted molar refractivity (Wildman–Crippen MR) is 132 cm³/mol. The number of oxazole rings is 1. The van der Waals surface area contributed by atoms with Crippen molar-refractivity contribution in [3.63, 3.8) is 0 Å². The third-order valence-corrected chi connectivity index (χ3v) is 5.85. The molecule has 2 aromatic carbocycles. The fourth-order valence-corrected chi connectivity index (χ4v) is 4.15. The van der Waals surface area contributed by atoms with Gasteiger partial charge in [0.1, 0.15) is 5.69 Å². The normalized spacial score (nSPS) is 14.4. The number of aryl methyl sites for hydroxylation is 1. The third-order valence-electron chi connectivity index (χ3n) is 5.85. The maximum Gasteiger partial charge on any atom is 0.234 e. The molecule has 4 rings (SSSR count). The average molecular weight is 461 g/mol. The van der Waals surface area contributed by atoms with Gasteiger partial charge in [-0.15, -0.1) is 0 Å². The SMILES string of the molecule is CC(C)NC(=O)CN1CCN(C(=O)CCc2nc(-c3ccccc3)c(-c3ccccc3)o2)CC1. The van der Waals surface area contributed by atoms with Gasteiger partial charge < -0.3 is 14.6 Å². The molecule has 7 heteroatoms. The lowest BCUT2D eigenvalue weighted by Crippen LogP contribution is -2.51. The number of hydrogen-bond acceptors (Lipinski definition) is 5. The molecule has 1 aromatic heterocycles. The van der Waals surface area contributed by atoms with Crippen molar-refractivity contribution in [1.29, 1.82) is 0 Å². The Hall–Kier alpha value is -3.45. The van der Waals surface area contributed by atoms with Crippen molar-refractivity contribution in [2.45, 2.75) is 32.7 Å². The van der Waals surface area contributed by atoms with Gasteiger partial charge in [-0.05, 0) is 13.8 Å². The summed E-state index contributed by atoms with van der Waals surface area (Å²) in [6.07, 6.45) is 0.791. The first-order chi connectivity index (χ1) is 16.5. The molecule has 34 heavy (non-hydrogen) atoms. The highest BCUT2D eigenvalue weighted by Gasteiger charge is 2.23. The van der Waals surface area contributed by atoms with E-state index in [2.05, 4.69) is 10.2 Å². The summed E-state index contributed by atoms with van der Waals surface area (Å²) in [5, 5.41) is 2.91. The molecule has 1 aliphatic rings. The molecule has 0 saturated carbocycles. The van der Waals surface area contributed by atoms with Crippen molar-refractivity contribution >= 4 is 11.8 Å². The van der Waals surface area contributed by atoms with Gasteiger partial charge in [-0.25, -0.2) is 4.98 Å². The molecule has 0 radical (unpaired) electrons. The molecule has 0 aliphatic carbocycles. The molecule has 1 fully saturated rings. The van der Waals surface area contributed by atoms with E-state index in [1.807, 2.05) is 79.4 Å². The second-order valence-electron chi connectivity index (χ2n) is 8.90. The largest absolute Gasteiger partial charge is 0.440 e. The number of piperazine rings is 1. The van der Waals surface area contributed by atoms with Crippen LogP contribution in [0.3, 0.4) is 0 Å². The van der Waals surface area contributed by atoms with E-state index in [1.165, 1.54) is 0 Å². The highest BCUT2D eigenvalue weighted by molar-refractivity contribution is 5.79. The van der Waals surface area contributed by atoms with Crippen LogP contribution in [-0.2, 0) is 16.0 Å². The van der Waals surface area contributed by atoms with Crippen molar-refractivity contribution < 1.29 is 14.0 Å². The summed E-state index contributed by atoms with van der Waals surface area (Å²) in [7, 11) is 0. The van der Waals surface area contributed by atoms with Gasteiger partial charge in [0.05, 0.1) is 6.54 Å². The van der Waals surface area contributed by atoms with E-state index in [9.17, 15) is 9.59 Å².